The molecule has 0 aliphatic carbocycles. The summed E-state index contributed by atoms with van der Waals surface area (Å²) >= 11 is 0. The molecule has 1 aromatic heterocycles. The van der Waals surface area contributed by atoms with Gasteiger partial charge in [0, 0.05) is 18.2 Å². The first-order chi connectivity index (χ1) is 16.3. The minimum Gasteiger partial charge on any atom is -0.619 e. The highest BCUT2D eigenvalue weighted by Crippen LogP contribution is 2.34. The second-order valence-electron chi connectivity index (χ2n) is 6.95. The standard InChI is InChI=1S/C23H23N3O7S/c1-32-19-9-10-21(33-2)22(15-19)34(30,31)26(16-23(27)24-28)20-6-4-3-5-18(20)8-7-17-11-13-25(29)14-12-17/h3-15,28H,16H2,1-2H3,(H,24,27)/b8-7+. The molecule has 0 atom stereocenters. The largest absolute Gasteiger partial charge is 0.619 e. The van der Waals surface area contributed by atoms with Gasteiger partial charge < -0.3 is 14.7 Å². The third-order valence-electron chi connectivity index (χ3n) is 4.84. The zero-order valence-electron chi connectivity index (χ0n) is 18.4. The summed E-state index contributed by atoms with van der Waals surface area (Å²) < 4.78 is 39.4. The van der Waals surface area contributed by atoms with E-state index in [4.69, 9.17) is 14.7 Å². The van der Waals surface area contributed by atoms with E-state index in [0.717, 1.165) is 4.31 Å². The molecule has 0 aliphatic rings. The summed E-state index contributed by atoms with van der Waals surface area (Å²) in [5.74, 6) is -0.607. The minimum absolute atomic E-state index is 0.0541. The van der Waals surface area contributed by atoms with Crippen molar-refractivity contribution in [3.8, 4) is 11.5 Å². The van der Waals surface area contributed by atoms with Gasteiger partial charge in [0.25, 0.3) is 15.9 Å². The maximum atomic E-state index is 13.8. The van der Waals surface area contributed by atoms with E-state index in [9.17, 15) is 18.4 Å². The van der Waals surface area contributed by atoms with Gasteiger partial charge in [-0.05, 0) is 29.3 Å². The van der Waals surface area contributed by atoms with Gasteiger partial charge in [-0.2, -0.15) is 4.73 Å². The fourth-order valence-corrected chi connectivity index (χ4v) is 4.77. The first-order valence-electron chi connectivity index (χ1n) is 9.93. The van der Waals surface area contributed by atoms with Crippen molar-refractivity contribution in [1.29, 1.82) is 0 Å². The van der Waals surface area contributed by atoms with Crippen molar-refractivity contribution in [2.75, 3.05) is 25.1 Å². The van der Waals surface area contributed by atoms with Gasteiger partial charge in [0.1, 0.15) is 22.9 Å². The number of hydroxylamine groups is 1. The molecule has 2 aromatic carbocycles. The van der Waals surface area contributed by atoms with Gasteiger partial charge in [-0.15, -0.1) is 0 Å². The molecule has 11 heteroatoms. The quantitative estimate of drug-likeness (QED) is 0.206. The number of ether oxygens (including phenoxy) is 2. The van der Waals surface area contributed by atoms with Crippen LogP contribution in [0.4, 0.5) is 5.69 Å². The number of sulfonamides is 1. The first kappa shape index (κ1) is 24.6. The Morgan fingerprint density at radius 1 is 1.09 bits per heavy atom. The maximum absolute atomic E-state index is 13.8. The summed E-state index contributed by atoms with van der Waals surface area (Å²) in [6.07, 6.45) is 6.02. The highest BCUT2D eigenvalue weighted by Gasteiger charge is 2.31. The van der Waals surface area contributed by atoms with Crippen LogP contribution in [0.3, 0.4) is 0 Å². The molecule has 0 aliphatic heterocycles. The molecule has 1 amide bonds. The van der Waals surface area contributed by atoms with Crippen molar-refractivity contribution < 1.29 is 32.6 Å². The van der Waals surface area contributed by atoms with E-state index in [1.807, 2.05) is 0 Å². The Bertz CT molecular complexity index is 1290. The number of methoxy groups -OCH3 is 2. The van der Waals surface area contributed by atoms with Crippen LogP contribution in [0.25, 0.3) is 12.2 Å². The number of hydrogen-bond donors (Lipinski definition) is 2. The van der Waals surface area contributed by atoms with Crippen molar-refractivity contribution in [2.45, 2.75) is 4.90 Å². The summed E-state index contributed by atoms with van der Waals surface area (Å²) in [6, 6.07) is 14.0. The number of benzene rings is 2. The molecule has 3 rings (SSSR count). The number of carbonyl (C=O) groups is 1. The number of nitrogens with zero attached hydrogens (tertiary/aromatic N) is 2. The molecular formula is C23H23N3O7S. The number of aromatic nitrogens is 1. The molecule has 0 unspecified atom stereocenters. The van der Waals surface area contributed by atoms with Gasteiger partial charge in [-0.1, -0.05) is 30.4 Å². The summed E-state index contributed by atoms with van der Waals surface area (Å²) in [5, 5.41) is 20.3. The Morgan fingerprint density at radius 2 is 1.79 bits per heavy atom. The second kappa shape index (κ2) is 10.7. The minimum atomic E-state index is -4.37. The molecule has 0 radical (unpaired) electrons. The molecule has 34 heavy (non-hydrogen) atoms. The van der Waals surface area contributed by atoms with Crippen LogP contribution in [0.15, 0.2) is 71.9 Å². The predicted octanol–water partition coefficient (Wildman–Crippen LogP) is 2.21. The van der Waals surface area contributed by atoms with E-state index in [1.165, 1.54) is 50.3 Å². The van der Waals surface area contributed by atoms with Crippen LogP contribution in [0.1, 0.15) is 11.1 Å². The van der Waals surface area contributed by atoms with Crippen LogP contribution in [-0.2, 0) is 14.8 Å². The van der Waals surface area contributed by atoms with Crippen LogP contribution >= 0.6 is 0 Å². The molecular weight excluding hydrogens is 462 g/mol. The van der Waals surface area contributed by atoms with E-state index in [1.54, 1.807) is 48.6 Å². The molecule has 1 heterocycles. The van der Waals surface area contributed by atoms with E-state index < -0.39 is 22.5 Å². The summed E-state index contributed by atoms with van der Waals surface area (Å²) in [5.41, 5.74) is 2.83. The maximum Gasteiger partial charge on any atom is 0.268 e. The van der Waals surface area contributed by atoms with E-state index in [-0.39, 0.29) is 22.1 Å². The zero-order chi connectivity index (χ0) is 24.7. The fourth-order valence-electron chi connectivity index (χ4n) is 3.15. The first-order valence-corrected chi connectivity index (χ1v) is 11.4. The van der Waals surface area contributed by atoms with E-state index in [0.29, 0.717) is 15.9 Å². The summed E-state index contributed by atoms with van der Waals surface area (Å²) in [4.78, 5) is 11.9. The van der Waals surface area contributed by atoms with Gasteiger partial charge in [0.05, 0.1) is 19.9 Å². The number of carbonyl (C=O) groups excluding carboxylic acids is 1. The van der Waals surface area contributed by atoms with Crippen molar-refractivity contribution in [1.82, 2.24) is 5.48 Å². The summed E-state index contributed by atoms with van der Waals surface area (Å²) in [7, 11) is -1.64. The molecule has 0 spiro atoms. The highest BCUT2D eigenvalue weighted by atomic mass is 32.2. The molecule has 10 nitrogen and oxygen atoms in total. The van der Waals surface area contributed by atoms with Gasteiger partial charge in [0.2, 0.25) is 0 Å². The third-order valence-corrected chi connectivity index (χ3v) is 6.62. The average molecular weight is 486 g/mol. The molecule has 0 saturated carbocycles. The lowest BCUT2D eigenvalue weighted by molar-refractivity contribution is -0.605. The Kier molecular flexibility index (Phi) is 7.71. The van der Waals surface area contributed by atoms with Crippen molar-refractivity contribution in [2.24, 2.45) is 0 Å². The van der Waals surface area contributed by atoms with Gasteiger partial charge in [0.15, 0.2) is 12.4 Å². The predicted molar refractivity (Wildman–Crippen MR) is 125 cm³/mol. The lowest BCUT2D eigenvalue weighted by atomic mass is 10.1. The fraction of sp³-hybridized carbons (Fsp3) is 0.130. The Labute approximate surface area is 196 Å². The number of anilines is 1. The third kappa shape index (κ3) is 5.45. The normalized spacial score (nSPS) is 11.3. The van der Waals surface area contributed by atoms with Crippen molar-refractivity contribution in [3.05, 3.63) is 83.3 Å². The number of pyridine rings is 1. The van der Waals surface area contributed by atoms with E-state index in [2.05, 4.69) is 0 Å². The molecule has 0 bridgehead atoms. The number of hydrogen-bond acceptors (Lipinski definition) is 7. The highest BCUT2D eigenvalue weighted by molar-refractivity contribution is 7.93. The molecule has 178 valence electrons. The zero-order valence-corrected chi connectivity index (χ0v) is 19.2. The topological polar surface area (TPSA) is 132 Å². The number of rotatable bonds is 9. The van der Waals surface area contributed by atoms with Gasteiger partial charge in [-0.3, -0.25) is 14.3 Å². The number of amides is 1. The van der Waals surface area contributed by atoms with Gasteiger partial charge in [-0.25, -0.2) is 13.9 Å². The molecule has 0 fully saturated rings. The van der Waals surface area contributed by atoms with Crippen molar-refractivity contribution in [3.63, 3.8) is 0 Å². The summed E-state index contributed by atoms with van der Waals surface area (Å²) in [6.45, 7) is -0.703. The van der Waals surface area contributed by atoms with Crippen LogP contribution in [0.5, 0.6) is 11.5 Å². The van der Waals surface area contributed by atoms with Crippen LogP contribution < -0.4 is 24.0 Å². The van der Waals surface area contributed by atoms with Crippen LogP contribution in [-0.4, -0.2) is 40.3 Å². The van der Waals surface area contributed by atoms with E-state index >= 15 is 0 Å². The second-order valence-corrected chi connectivity index (χ2v) is 8.78. The monoisotopic (exact) mass is 485 g/mol. The Morgan fingerprint density at radius 3 is 2.44 bits per heavy atom. The lowest BCUT2D eigenvalue weighted by Crippen LogP contribution is -2.40. The molecule has 0 saturated heterocycles. The van der Waals surface area contributed by atoms with Gasteiger partial charge >= 0.3 is 0 Å². The lowest BCUT2D eigenvalue weighted by Gasteiger charge is -2.26. The molecule has 2 N–H and O–H groups in total. The van der Waals surface area contributed by atoms with Crippen molar-refractivity contribution >= 4 is 33.8 Å². The van der Waals surface area contributed by atoms with Crippen LogP contribution in [0.2, 0.25) is 0 Å². The smallest absolute Gasteiger partial charge is 0.268 e. The number of nitrogens with one attached hydrogen (secondary N) is 1. The number of para-hydroxylation sites is 1. The Hall–Kier alpha value is -4.09. The molecule has 3 aromatic rings. The average Bonchev–Trinajstić information content (AvgIpc) is 2.86. The van der Waals surface area contributed by atoms with Crippen LogP contribution in [0, 0.1) is 5.21 Å². The Balaban J connectivity index is 2.14. The SMILES string of the molecule is COc1ccc(OC)c(S(=O)(=O)N(CC(=O)NO)c2ccccc2/C=C/c2cc[n+]([O-])cc2)c1.